The van der Waals surface area contributed by atoms with Gasteiger partial charge < -0.3 is 14.6 Å². The Kier molecular flexibility index (Phi) is 7.29. The van der Waals surface area contributed by atoms with Crippen molar-refractivity contribution in [1.82, 2.24) is 0 Å². The van der Waals surface area contributed by atoms with E-state index in [2.05, 4.69) is 6.92 Å². The maximum Gasteiger partial charge on any atom is 0.311 e. The van der Waals surface area contributed by atoms with Gasteiger partial charge in [0.05, 0.1) is 17.9 Å². The minimum Gasteiger partial charge on any atom is -0.462 e. The highest BCUT2D eigenvalue weighted by Gasteiger charge is 2.46. The van der Waals surface area contributed by atoms with E-state index in [1.807, 2.05) is 27.7 Å². The molecule has 31 heavy (non-hydrogen) atoms. The molecule has 7 atom stereocenters. The summed E-state index contributed by atoms with van der Waals surface area (Å²) < 4.78 is 11.5. The number of hydrogen-bond acceptors (Lipinski definition) is 6. The lowest BCUT2D eigenvalue weighted by Crippen LogP contribution is -2.46. The summed E-state index contributed by atoms with van der Waals surface area (Å²) in [6.45, 7) is 9.90. The van der Waals surface area contributed by atoms with Crippen LogP contribution in [0.25, 0.3) is 0 Å². The molecule has 1 aliphatic heterocycles. The highest BCUT2D eigenvalue weighted by molar-refractivity contribution is 5.93. The summed E-state index contributed by atoms with van der Waals surface area (Å²) in [5, 5.41) is 9.92. The van der Waals surface area contributed by atoms with Gasteiger partial charge in [-0.3, -0.25) is 14.4 Å². The monoisotopic (exact) mass is 434 g/mol. The fourth-order valence-electron chi connectivity index (χ4n) is 5.35. The minimum atomic E-state index is -0.660. The number of aliphatic hydroxyl groups is 1. The number of ketones is 1. The van der Waals surface area contributed by atoms with E-state index in [4.69, 9.17) is 9.47 Å². The van der Waals surface area contributed by atoms with Crippen LogP contribution in [0.2, 0.25) is 0 Å². The molecule has 174 valence electrons. The SMILES string of the molecule is CCC(C)(C)C(=O)O[C@@H]1C[C@H](C)CC2=CC(=O)[C@@H](C)[C@@H](CC[C@@H]3C[C@H](O)CC(=O)O3)[C@@H]21. The van der Waals surface area contributed by atoms with Crippen LogP contribution in [0, 0.1) is 29.1 Å². The van der Waals surface area contributed by atoms with Gasteiger partial charge in [0.1, 0.15) is 12.2 Å². The fraction of sp³-hybridized carbons (Fsp3) is 0.800. The molecule has 0 aromatic rings. The van der Waals surface area contributed by atoms with E-state index < -0.39 is 11.5 Å². The Balaban J connectivity index is 1.80. The number of hydrogen-bond donors (Lipinski definition) is 1. The summed E-state index contributed by atoms with van der Waals surface area (Å²) in [7, 11) is 0. The number of rotatable bonds is 6. The van der Waals surface area contributed by atoms with Crippen LogP contribution in [0.5, 0.6) is 0 Å². The fourth-order valence-corrected chi connectivity index (χ4v) is 5.35. The van der Waals surface area contributed by atoms with Crippen LogP contribution in [0.15, 0.2) is 11.6 Å². The summed E-state index contributed by atoms with van der Waals surface area (Å²) in [5.41, 5.74) is 0.558. The number of allylic oxidation sites excluding steroid dienone is 1. The molecule has 3 aliphatic rings. The van der Waals surface area contributed by atoms with Crippen molar-refractivity contribution < 1.29 is 29.0 Å². The van der Waals surface area contributed by atoms with Crippen molar-refractivity contribution >= 4 is 17.7 Å². The van der Waals surface area contributed by atoms with E-state index >= 15 is 0 Å². The van der Waals surface area contributed by atoms with E-state index in [0.29, 0.717) is 31.6 Å². The third-order valence-electron chi connectivity index (χ3n) is 7.68. The quantitative estimate of drug-likeness (QED) is 0.636. The summed E-state index contributed by atoms with van der Waals surface area (Å²) in [6, 6.07) is 0. The van der Waals surface area contributed by atoms with Crippen molar-refractivity contribution in [2.45, 2.75) is 97.9 Å². The average molecular weight is 435 g/mol. The second kappa shape index (κ2) is 9.43. The molecular weight excluding hydrogens is 396 g/mol. The topological polar surface area (TPSA) is 89.9 Å². The Hall–Kier alpha value is -1.69. The first-order chi connectivity index (χ1) is 14.5. The lowest BCUT2D eigenvalue weighted by atomic mass is 9.62. The van der Waals surface area contributed by atoms with Crippen LogP contribution in [0.3, 0.4) is 0 Å². The Morgan fingerprint density at radius 2 is 1.90 bits per heavy atom. The molecule has 1 N–H and O–H groups in total. The molecule has 3 rings (SSSR count). The van der Waals surface area contributed by atoms with E-state index in [9.17, 15) is 19.5 Å². The summed E-state index contributed by atoms with van der Waals surface area (Å²) in [4.78, 5) is 37.3. The second-order valence-corrected chi connectivity index (χ2v) is 10.6. The molecule has 1 heterocycles. The molecule has 2 aliphatic carbocycles. The number of cyclic esters (lactones) is 1. The zero-order chi connectivity index (χ0) is 22.9. The van der Waals surface area contributed by atoms with Gasteiger partial charge in [0.15, 0.2) is 5.78 Å². The van der Waals surface area contributed by atoms with Crippen LogP contribution < -0.4 is 0 Å². The zero-order valence-electron chi connectivity index (χ0n) is 19.6. The van der Waals surface area contributed by atoms with Gasteiger partial charge in [-0.15, -0.1) is 0 Å². The van der Waals surface area contributed by atoms with Crippen LogP contribution in [-0.2, 0) is 23.9 Å². The Labute approximate surface area is 185 Å². The predicted molar refractivity (Wildman–Crippen MR) is 116 cm³/mol. The molecule has 0 aromatic carbocycles. The Morgan fingerprint density at radius 3 is 2.55 bits per heavy atom. The summed E-state index contributed by atoms with van der Waals surface area (Å²) >= 11 is 0. The van der Waals surface area contributed by atoms with Gasteiger partial charge in [0, 0.05) is 18.3 Å². The molecule has 0 spiro atoms. The van der Waals surface area contributed by atoms with Crippen molar-refractivity contribution in [3.05, 3.63) is 11.6 Å². The molecule has 0 bridgehead atoms. The first-order valence-corrected chi connectivity index (χ1v) is 11.8. The molecule has 1 saturated carbocycles. The lowest BCUT2D eigenvalue weighted by molar-refractivity contribution is -0.167. The first kappa shape index (κ1) is 24.0. The van der Waals surface area contributed by atoms with Crippen LogP contribution in [-0.4, -0.2) is 41.1 Å². The zero-order valence-corrected chi connectivity index (χ0v) is 19.6. The van der Waals surface area contributed by atoms with Gasteiger partial charge in [-0.05, 0) is 63.9 Å². The molecule has 1 saturated heterocycles. The predicted octanol–water partition coefficient (Wildman–Crippen LogP) is 3.99. The summed E-state index contributed by atoms with van der Waals surface area (Å²) in [6.07, 6.45) is 4.69. The van der Waals surface area contributed by atoms with Crippen LogP contribution in [0.4, 0.5) is 0 Å². The maximum atomic E-state index is 12.9. The van der Waals surface area contributed by atoms with E-state index in [1.54, 1.807) is 6.08 Å². The molecule has 0 unspecified atom stereocenters. The van der Waals surface area contributed by atoms with Crippen molar-refractivity contribution in [2.24, 2.45) is 29.1 Å². The van der Waals surface area contributed by atoms with Gasteiger partial charge in [-0.25, -0.2) is 0 Å². The van der Waals surface area contributed by atoms with Gasteiger partial charge in [-0.1, -0.05) is 26.3 Å². The highest BCUT2D eigenvalue weighted by atomic mass is 16.6. The number of ether oxygens (including phenoxy) is 2. The Morgan fingerprint density at radius 1 is 1.19 bits per heavy atom. The van der Waals surface area contributed by atoms with Gasteiger partial charge in [0.25, 0.3) is 0 Å². The Bertz CT molecular complexity index is 738. The van der Waals surface area contributed by atoms with Gasteiger partial charge in [-0.2, -0.15) is 0 Å². The normalized spacial score (nSPS) is 36.3. The molecule has 2 fully saturated rings. The number of carbonyl (C=O) groups excluding carboxylic acids is 3. The number of fused-ring (bicyclic) bond motifs is 1. The van der Waals surface area contributed by atoms with Gasteiger partial charge in [0.2, 0.25) is 0 Å². The largest absolute Gasteiger partial charge is 0.462 e. The van der Waals surface area contributed by atoms with Gasteiger partial charge >= 0.3 is 11.9 Å². The van der Waals surface area contributed by atoms with E-state index in [0.717, 1.165) is 18.4 Å². The van der Waals surface area contributed by atoms with Crippen molar-refractivity contribution in [3.63, 3.8) is 0 Å². The minimum absolute atomic E-state index is 0.0183. The first-order valence-electron chi connectivity index (χ1n) is 11.8. The van der Waals surface area contributed by atoms with Crippen molar-refractivity contribution in [1.29, 1.82) is 0 Å². The van der Waals surface area contributed by atoms with Crippen LogP contribution >= 0.6 is 0 Å². The standard InChI is InChI=1S/C25H38O6/c1-6-25(4,5)24(29)31-21-10-14(2)9-16-11-20(27)15(3)19(23(16)21)8-7-18-12-17(26)13-22(28)30-18/h11,14-15,17-19,21,23,26H,6-10,12-13H2,1-5H3/t14-,15+,17+,18-,19-,21-,23-/m1/s1. The summed E-state index contributed by atoms with van der Waals surface area (Å²) in [5.74, 6) is -0.193. The second-order valence-electron chi connectivity index (χ2n) is 10.6. The number of aliphatic hydroxyl groups excluding tert-OH is 1. The van der Waals surface area contributed by atoms with Crippen molar-refractivity contribution in [3.8, 4) is 0 Å². The van der Waals surface area contributed by atoms with E-state index in [1.165, 1.54) is 0 Å². The molecule has 0 amide bonds. The molecule has 0 radical (unpaired) electrons. The van der Waals surface area contributed by atoms with Crippen LogP contribution in [0.1, 0.15) is 79.6 Å². The average Bonchev–Trinajstić information content (AvgIpc) is 2.67. The number of carbonyl (C=O) groups is 3. The lowest BCUT2D eigenvalue weighted by Gasteiger charge is -2.46. The molecule has 0 aromatic heterocycles. The molecular formula is C25H38O6. The molecule has 6 nitrogen and oxygen atoms in total. The van der Waals surface area contributed by atoms with Crippen molar-refractivity contribution in [2.75, 3.05) is 0 Å². The molecule has 6 heteroatoms. The highest BCUT2D eigenvalue weighted by Crippen LogP contribution is 2.47. The number of esters is 2. The third kappa shape index (κ3) is 5.39. The van der Waals surface area contributed by atoms with E-state index in [-0.39, 0.29) is 54.1 Å². The maximum absolute atomic E-state index is 12.9. The third-order valence-corrected chi connectivity index (χ3v) is 7.68. The smallest absolute Gasteiger partial charge is 0.311 e.